The molecule has 7 heteroatoms. The number of aromatic nitrogens is 3. The van der Waals surface area contributed by atoms with Crippen LogP contribution in [0, 0.1) is 0 Å². The number of pyridine rings is 1. The molecular formula is C21H23N5O2. The molecule has 1 spiro atoms. The minimum absolute atomic E-state index is 0.0621. The molecule has 2 amide bonds. The van der Waals surface area contributed by atoms with E-state index in [1.807, 2.05) is 46.7 Å². The van der Waals surface area contributed by atoms with Gasteiger partial charge in [-0.25, -0.2) is 4.79 Å². The van der Waals surface area contributed by atoms with Crippen LogP contribution in [-0.2, 0) is 12.0 Å². The van der Waals surface area contributed by atoms with Crippen LogP contribution in [0.15, 0.2) is 42.6 Å². The smallest absolute Gasteiger partial charge is 0.318 e. The van der Waals surface area contributed by atoms with E-state index in [1.54, 1.807) is 7.11 Å². The summed E-state index contributed by atoms with van der Waals surface area (Å²) >= 11 is 0. The zero-order chi connectivity index (χ0) is 19.3. The van der Waals surface area contributed by atoms with Crippen LogP contribution in [0.5, 0.6) is 5.75 Å². The van der Waals surface area contributed by atoms with E-state index in [4.69, 9.17) is 4.74 Å². The second-order valence-corrected chi connectivity index (χ2v) is 7.82. The molecule has 1 saturated carbocycles. The van der Waals surface area contributed by atoms with Gasteiger partial charge < -0.3 is 15.0 Å². The molecule has 1 N–H and O–H groups in total. The van der Waals surface area contributed by atoms with E-state index in [0.29, 0.717) is 6.54 Å². The number of amides is 2. The molecule has 2 aromatic heterocycles. The molecule has 28 heavy (non-hydrogen) atoms. The number of methoxy groups -OCH3 is 1. The Morgan fingerprint density at radius 1 is 1.25 bits per heavy atom. The van der Waals surface area contributed by atoms with Gasteiger partial charge in [-0.15, -0.1) is 10.2 Å². The summed E-state index contributed by atoms with van der Waals surface area (Å²) in [5.74, 6) is 1.61. The van der Waals surface area contributed by atoms with Crippen LogP contribution in [0.1, 0.15) is 42.8 Å². The van der Waals surface area contributed by atoms with Crippen molar-refractivity contribution in [3.63, 3.8) is 0 Å². The molecule has 5 rings (SSSR count). The molecule has 3 heterocycles. The number of ether oxygens (including phenoxy) is 1. The molecule has 1 aliphatic heterocycles. The number of benzene rings is 1. The number of fused-ring (bicyclic) bond motifs is 3. The minimum atomic E-state index is -0.239. The second kappa shape index (κ2) is 6.22. The Morgan fingerprint density at radius 3 is 2.89 bits per heavy atom. The summed E-state index contributed by atoms with van der Waals surface area (Å²) in [5.41, 5.74) is 3.41. The lowest BCUT2D eigenvalue weighted by molar-refractivity contribution is 0.179. The van der Waals surface area contributed by atoms with Crippen molar-refractivity contribution >= 4 is 11.7 Å². The molecular weight excluding hydrogens is 354 g/mol. The van der Waals surface area contributed by atoms with Gasteiger partial charge >= 0.3 is 6.03 Å². The van der Waals surface area contributed by atoms with Crippen LogP contribution < -0.4 is 10.1 Å². The van der Waals surface area contributed by atoms with E-state index in [1.165, 1.54) is 11.1 Å². The summed E-state index contributed by atoms with van der Waals surface area (Å²) in [6, 6.07) is 11.7. The van der Waals surface area contributed by atoms with Gasteiger partial charge in [-0.2, -0.15) is 0 Å². The number of carbonyl (C=O) groups is 1. The Labute approximate surface area is 163 Å². The number of hydrogen-bond donors (Lipinski definition) is 1. The third kappa shape index (κ3) is 2.69. The highest BCUT2D eigenvalue weighted by Crippen LogP contribution is 2.53. The Kier molecular flexibility index (Phi) is 3.79. The fourth-order valence-corrected chi connectivity index (χ4v) is 4.24. The number of hydrogen-bond acceptors (Lipinski definition) is 4. The fraction of sp³-hybridized carbons (Fsp3) is 0.381. The first-order valence-electron chi connectivity index (χ1n) is 9.62. The lowest BCUT2D eigenvalue weighted by atomic mass is 9.87. The molecule has 144 valence electrons. The van der Waals surface area contributed by atoms with E-state index < -0.39 is 0 Å². The van der Waals surface area contributed by atoms with Gasteiger partial charge in [0.2, 0.25) is 0 Å². The Balaban J connectivity index is 1.36. The topological polar surface area (TPSA) is 71.8 Å². The van der Waals surface area contributed by atoms with Crippen molar-refractivity contribution in [3.05, 3.63) is 59.5 Å². The predicted molar refractivity (Wildman–Crippen MR) is 104 cm³/mol. The minimum Gasteiger partial charge on any atom is -0.497 e. The molecule has 1 fully saturated rings. The van der Waals surface area contributed by atoms with Crippen molar-refractivity contribution in [1.29, 1.82) is 0 Å². The molecule has 1 atom stereocenters. The molecule has 1 aromatic carbocycles. The summed E-state index contributed by atoms with van der Waals surface area (Å²) in [5, 5.41) is 11.5. The summed E-state index contributed by atoms with van der Waals surface area (Å²) in [7, 11) is 1.69. The first-order valence-corrected chi connectivity index (χ1v) is 9.62. The van der Waals surface area contributed by atoms with E-state index in [2.05, 4.69) is 27.6 Å². The van der Waals surface area contributed by atoms with Crippen molar-refractivity contribution < 1.29 is 9.53 Å². The standard InChI is InChI=1S/C21H23N5O2/c1-14(19-24-23-18-5-3-4-10-26(18)19)22-20(27)25-12-15-6-7-16(28-2)11-17(15)21(13-25)8-9-21/h3-7,10-11,14H,8-9,12-13H2,1-2H3,(H,22,27). The van der Waals surface area contributed by atoms with Crippen molar-refractivity contribution in [1.82, 2.24) is 24.8 Å². The van der Waals surface area contributed by atoms with Crippen molar-refractivity contribution in [3.8, 4) is 5.75 Å². The van der Waals surface area contributed by atoms with E-state index in [0.717, 1.165) is 36.6 Å². The third-order valence-corrected chi connectivity index (χ3v) is 5.95. The third-order valence-electron chi connectivity index (χ3n) is 5.95. The summed E-state index contributed by atoms with van der Waals surface area (Å²) in [4.78, 5) is 14.9. The highest BCUT2D eigenvalue weighted by molar-refractivity contribution is 5.75. The summed E-state index contributed by atoms with van der Waals surface area (Å²) < 4.78 is 7.30. The average molecular weight is 377 g/mol. The molecule has 2 aliphatic rings. The van der Waals surface area contributed by atoms with Gasteiger partial charge in [-0.05, 0) is 55.2 Å². The number of nitrogens with zero attached hydrogens (tertiary/aromatic N) is 4. The van der Waals surface area contributed by atoms with Gasteiger partial charge in [0.15, 0.2) is 11.5 Å². The normalized spacial score (nSPS) is 18.0. The van der Waals surface area contributed by atoms with Gasteiger partial charge in [0.05, 0.1) is 13.2 Å². The maximum absolute atomic E-state index is 13.0. The SMILES string of the molecule is COc1ccc2c(c1)C1(CC1)CN(C(=O)NC(C)c1nnc3ccccn13)C2. The predicted octanol–water partition coefficient (Wildman–Crippen LogP) is 3.06. The van der Waals surface area contributed by atoms with Gasteiger partial charge in [0.1, 0.15) is 5.75 Å². The van der Waals surface area contributed by atoms with Crippen molar-refractivity contribution in [2.24, 2.45) is 0 Å². The highest BCUT2D eigenvalue weighted by atomic mass is 16.5. The quantitative estimate of drug-likeness (QED) is 0.761. The van der Waals surface area contributed by atoms with Crippen LogP contribution >= 0.6 is 0 Å². The Morgan fingerprint density at radius 2 is 2.11 bits per heavy atom. The number of nitrogens with one attached hydrogen (secondary N) is 1. The van der Waals surface area contributed by atoms with Gasteiger partial charge in [-0.1, -0.05) is 12.1 Å². The van der Waals surface area contributed by atoms with Gasteiger partial charge in [-0.3, -0.25) is 4.40 Å². The molecule has 1 unspecified atom stereocenters. The van der Waals surface area contributed by atoms with Crippen LogP contribution in [0.4, 0.5) is 4.79 Å². The first kappa shape index (κ1) is 17.0. The van der Waals surface area contributed by atoms with E-state index >= 15 is 0 Å². The van der Waals surface area contributed by atoms with Crippen LogP contribution in [-0.4, -0.2) is 39.2 Å². The Bertz CT molecular complexity index is 1060. The maximum Gasteiger partial charge on any atom is 0.318 e. The van der Waals surface area contributed by atoms with E-state index in [-0.39, 0.29) is 17.5 Å². The number of urea groups is 1. The van der Waals surface area contributed by atoms with Crippen LogP contribution in [0.2, 0.25) is 0 Å². The van der Waals surface area contributed by atoms with Gasteiger partial charge in [0, 0.05) is 24.7 Å². The van der Waals surface area contributed by atoms with Gasteiger partial charge in [0.25, 0.3) is 0 Å². The molecule has 1 aliphatic carbocycles. The molecule has 3 aromatic rings. The zero-order valence-electron chi connectivity index (χ0n) is 16.1. The van der Waals surface area contributed by atoms with Crippen molar-refractivity contribution in [2.45, 2.75) is 37.8 Å². The van der Waals surface area contributed by atoms with Crippen LogP contribution in [0.3, 0.4) is 0 Å². The monoisotopic (exact) mass is 377 g/mol. The average Bonchev–Trinajstić information content (AvgIpc) is 3.34. The number of carbonyl (C=O) groups excluding carboxylic acids is 1. The van der Waals surface area contributed by atoms with Crippen molar-refractivity contribution in [2.75, 3.05) is 13.7 Å². The zero-order valence-corrected chi connectivity index (χ0v) is 16.1. The maximum atomic E-state index is 13.0. The first-order chi connectivity index (χ1) is 13.6. The summed E-state index contributed by atoms with van der Waals surface area (Å²) in [6.07, 6.45) is 4.14. The molecule has 0 radical (unpaired) electrons. The van der Waals surface area contributed by atoms with Crippen LogP contribution in [0.25, 0.3) is 5.65 Å². The lowest BCUT2D eigenvalue weighted by Gasteiger charge is -2.35. The summed E-state index contributed by atoms with van der Waals surface area (Å²) in [6.45, 7) is 3.30. The molecule has 7 nitrogen and oxygen atoms in total. The molecule has 0 bridgehead atoms. The van der Waals surface area contributed by atoms with E-state index in [9.17, 15) is 4.79 Å². The highest BCUT2D eigenvalue weighted by Gasteiger charge is 2.50. The fourth-order valence-electron chi connectivity index (χ4n) is 4.24. The lowest BCUT2D eigenvalue weighted by Crippen LogP contribution is -2.47. The second-order valence-electron chi connectivity index (χ2n) is 7.82. The number of rotatable bonds is 3. The molecule has 0 saturated heterocycles. The Hall–Kier alpha value is -3.09. The largest absolute Gasteiger partial charge is 0.497 e.